The summed E-state index contributed by atoms with van der Waals surface area (Å²) >= 11 is 0. The van der Waals surface area contributed by atoms with Crippen molar-refractivity contribution in [3.63, 3.8) is 0 Å². The first kappa shape index (κ1) is 27.7. The number of hydroxylamine groups is 1. The lowest BCUT2D eigenvalue weighted by molar-refractivity contribution is -0.146. The SMILES string of the molecule is CC(C)(C)OC(=O)C1=NCCC(CC(=O)NO)(NC(=O)c2ccc(COc3ccnc4ccccc34)cc2)C1. The highest BCUT2D eigenvalue weighted by Crippen LogP contribution is 2.28. The lowest BCUT2D eigenvalue weighted by Crippen LogP contribution is -2.55. The number of esters is 1. The first-order chi connectivity index (χ1) is 18.6. The largest absolute Gasteiger partial charge is 0.488 e. The van der Waals surface area contributed by atoms with E-state index in [-0.39, 0.29) is 25.1 Å². The molecule has 4 rings (SSSR count). The number of ether oxygens (including phenoxy) is 2. The first-order valence-electron chi connectivity index (χ1n) is 12.7. The molecule has 2 heterocycles. The molecule has 0 radical (unpaired) electrons. The monoisotopic (exact) mass is 532 g/mol. The minimum absolute atomic E-state index is 0.00706. The highest BCUT2D eigenvalue weighted by molar-refractivity contribution is 6.37. The molecule has 1 aromatic heterocycles. The Morgan fingerprint density at radius 1 is 1.05 bits per heavy atom. The topological polar surface area (TPSA) is 139 Å². The number of nitrogens with one attached hydrogen (secondary N) is 2. The highest BCUT2D eigenvalue weighted by atomic mass is 16.6. The van der Waals surface area contributed by atoms with E-state index in [0.717, 1.165) is 16.5 Å². The zero-order valence-corrected chi connectivity index (χ0v) is 22.2. The zero-order chi connectivity index (χ0) is 28.0. The zero-order valence-electron chi connectivity index (χ0n) is 22.2. The minimum Gasteiger partial charge on any atom is -0.488 e. The quantitative estimate of drug-likeness (QED) is 0.228. The predicted molar refractivity (Wildman–Crippen MR) is 145 cm³/mol. The van der Waals surface area contributed by atoms with Gasteiger partial charge in [-0.05, 0) is 63.1 Å². The molecule has 3 N–H and O–H groups in total. The lowest BCUT2D eigenvalue weighted by atomic mass is 9.82. The normalized spacial score (nSPS) is 17.2. The van der Waals surface area contributed by atoms with Gasteiger partial charge < -0.3 is 14.8 Å². The fraction of sp³-hybridized carbons (Fsp3) is 0.345. The summed E-state index contributed by atoms with van der Waals surface area (Å²) in [4.78, 5) is 46.6. The summed E-state index contributed by atoms with van der Waals surface area (Å²) in [7, 11) is 0. The Kier molecular flexibility index (Phi) is 8.25. The molecule has 1 aliphatic rings. The molecule has 10 heteroatoms. The molecule has 0 bridgehead atoms. The van der Waals surface area contributed by atoms with Crippen molar-refractivity contribution in [1.29, 1.82) is 0 Å². The number of carbonyl (C=O) groups excluding carboxylic acids is 3. The summed E-state index contributed by atoms with van der Waals surface area (Å²) in [6, 6.07) is 16.4. The van der Waals surface area contributed by atoms with Gasteiger partial charge in [0.25, 0.3) is 5.91 Å². The Hall–Kier alpha value is -4.31. The molecule has 2 aromatic carbocycles. The summed E-state index contributed by atoms with van der Waals surface area (Å²) in [6.45, 7) is 5.75. The molecular formula is C29H32N4O6. The molecule has 3 aromatic rings. The van der Waals surface area contributed by atoms with Crippen LogP contribution < -0.4 is 15.5 Å². The first-order valence-corrected chi connectivity index (χ1v) is 12.7. The number of para-hydroxylation sites is 1. The molecule has 0 aliphatic carbocycles. The Bertz CT molecular complexity index is 1390. The average molecular weight is 533 g/mol. The van der Waals surface area contributed by atoms with Crippen LogP contribution in [0.25, 0.3) is 10.9 Å². The number of pyridine rings is 1. The van der Waals surface area contributed by atoms with Gasteiger partial charge >= 0.3 is 5.97 Å². The fourth-order valence-electron chi connectivity index (χ4n) is 4.41. The number of hydrogen-bond donors (Lipinski definition) is 3. The van der Waals surface area contributed by atoms with Crippen molar-refractivity contribution in [2.24, 2.45) is 4.99 Å². The van der Waals surface area contributed by atoms with Crippen molar-refractivity contribution in [2.45, 2.75) is 57.8 Å². The third kappa shape index (κ3) is 7.17. The number of rotatable bonds is 8. The number of fused-ring (bicyclic) bond motifs is 1. The average Bonchev–Trinajstić information content (AvgIpc) is 2.91. The van der Waals surface area contributed by atoms with E-state index < -0.39 is 28.9 Å². The second-order valence-corrected chi connectivity index (χ2v) is 10.5. The number of nitrogens with zero attached hydrogens (tertiary/aromatic N) is 2. The van der Waals surface area contributed by atoms with E-state index in [9.17, 15) is 14.4 Å². The highest BCUT2D eigenvalue weighted by Gasteiger charge is 2.40. The number of hydrogen-bond acceptors (Lipinski definition) is 8. The Balaban J connectivity index is 1.45. The molecule has 1 unspecified atom stereocenters. The van der Waals surface area contributed by atoms with Crippen LogP contribution in [0.1, 0.15) is 56.0 Å². The second-order valence-electron chi connectivity index (χ2n) is 10.5. The number of carbonyl (C=O) groups is 3. The van der Waals surface area contributed by atoms with Crippen LogP contribution in [0.2, 0.25) is 0 Å². The van der Waals surface area contributed by atoms with Crippen LogP contribution in [0, 0.1) is 0 Å². The van der Waals surface area contributed by atoms with Crippen LogP contribution >= 0.6 is 0 Å². The van der Waals surface area contributed by atoms with Gasteiger partial charge in [-0.1, -0.05) is 24.3 Å². The van der Waals surface area contributed by atoms with E-state index in [0.29, 0.717) is 24.3 Å². The summed E-state index contributed by atoms with van der Waals surface area (Å²) in [5.74, 6) is -0.988. The molecule has 10 nitrogen and oxygen atoms in total. The molecule has 204 valence electrons. The molecule has 2 amide bonds. The maximum atomic E-state index is 13.2. The second kappa shape index (κ2) is 11.6. The summed E-state index contributed by atoms with van der Waals surface area (Å²) in [5.41, 5.74) is 1.98. The third-order valence-electron chi connectivity index (χ3n) is 6.26. The van der Waals surface area contributed by atoms with Gasteiger partial charge in [0.05, 0.1) is 17.5 Å². The van der Waals surface area contributed by atoms with Crippen molar-refractivity contribution in [3.05, 3.63) is 71.9 Å². The third-order valence-corrected chi connectivity index (χ3v) is 6.26. The Labute approximate surface area is 226 Å². The lowest BCUT2D eigenvalue weighted by Gasteiger charge is -2.37. The Morgan fingerprint density at radius 2 is 1.79 bits per heavy atom. The van der Waals surface area contributed by atoms with E-state index in [1.165, 1.54) is 0 Å². The Morgan fingerprint density at radius 3 is 2.51 bits per heavy atom. The van der Waals surface area contributed by atoms with Crippen molar-refractivity contribution in [2.75, 3.05) is 6.54 Å². The minimum atomic E-state index is -1.12. The molecule has 1 atom stereocenters. The van der Waals surface area contributed by atoms with E-state index >= 15 is 0 Å². The van der Waals surface area contributed by atoms with E-state index in [1.807, 2.05) is 30.3 Å². The molecular weight excluding hydrogens is 500 g/mol. The maximum absolute atomic E-state index is 13.2. The van der Waals surface area contributed by atoms with Gasteiger partial charge in [-0.15, -0.1) is 0 Å². The molecule has 0 spiro atoms. The molecule has 1 aliphatic heterocycles. The summed E-state index contributed by atoms with van der Waals surface area (Å²) in [5, 5.41) is 13.0. The van der Waals surface area contributed by atoms with E-state index in [1.54, 1.807) is 56.7 Å². The number of benzene rings is 2. The number of aliphatic imine (C=N–C) groups is 1. The van der Waals surface area contributed by atoms with Crippen molar-refractivity contribution in [3.8, 4) is 5.75 Å². The standard InChI is InChI=1S/C29H32N4O6/c1-28(2,3)39-27(36)23-16-29(13-15-31-23,17-25(34)33-37)32-26(35)20-10-8-19(9-11-20)18-38-24-12-14-30-22-7-5-4-6-21(22)24/h4-12,14,37H,13,15-18H2,1-3H3,(H,32,35)(H,33,34). The summed E-state index contributed by atoms with van der Waals surface area (Å²) in [6.07, 6.45) is 1.77. The van der Waals surface area contributed by atoms with Gasteiger partial charge in [-0.3, -0.25) is 24.8 Å². The number of amides is 2. The smallest absolute Gasteiger partial charge is 0.352 e. The van der Waals surface area contributed by atoms with Crippen LogP contribution in [0.5, 0.6) is 5.75 Å². The van der Waals surface area contributed by atoms with Gasteiger partial charge in [0.15, 0.2) is 0 Å². The van der Waals surface area contributed by atoms with Crippen molar-refractivity contribution in [1.82, 2.24) is 15.8 Å². The van der Waals surface area contributed by atoms with Crippen molar-refractivity contribution >= 4 is 34.4 Å². The molecule has 0 saturated heterocycles. The summed E-state index contributed by atoms with van der Waals surface area (Å²) < 4.78 is 11.4. The van der Waals surface area contributed by atoms with Gasteiger partial charge in [0.2, 0.25) is 5.91 Å². The van der Waals surface area contributed by atoms with E-state index in [2.05, 4.69) is 15.3 Å². The van der Waals surface area contributed by atoms with E-state index in [4.69, 9.17) is 14.7 Å². The predicted octanol–water partition coefficient (Wildman–Crippen LogP) is 3.75. The van der Waals surface area contributed by atoms with Gasteiger partial charge in [0, 0.05) is 30.1 Å². The fourth-order valence-corrected chi connectivity index (χ4v) is 4.41. The van der Waals surface area contributed by atoms with Crippen molar-refractivity contribution < 1.29 is 29.1 Å². The maximum Gasteiger partial charge on any atom is 0.352 e. The van der Waals surface area contributed by atoms with Crippen LogP contribution in [0.4, 0.5) is 0 Å². The van der Waals surface area contributed by atoms with Crippen LogP contribution in [-0.2, 0) is 20.9 Å². The molecule has 0 saturated carbocycles. The van der Waals surface area contributed by atoms with Crippen LogP contribution in [-0.4, -0.2) is 51.4 Å². The van der Waals surface area contributed by atoms with Crippen LogP contribution in [0.3, 0.4) is 0 Å². The van der Waals surface area contributed by atoms with Gasteiger partial charge in [-0.25, -0.2) is 10.3 Å². The van der Waals surface area contributed by atoms with Crippen LogP contribution in [0.15, 0.2) is 65.8 Å². The molecule has 39 heavy (non-hydrogen) atoms. The molecule has 0 fully saturated rings. The van der Waals surface area contributed by atoms with Gasteiger partial charge in [0.1, 0.15) is 23.7 Å². The number of aromatic nitrogens is 1. The van der Waals surface area contributed by atoms with Gasteiger partial charge in [-0.2, -0.15) is 0 Å².